The fraction of sp³-hybridized carbons (Fsp3) is 0.269. The number of hydrogen-bond donors (Lipinski definition) is 1. The molecular formula is C26H25F2NO4S. The molecule has 2 atom stereocenters. The van der Waals surface area contributed by atoms with Crippen LogP contribution in [0.15, 0.2) is 89.8 Å². The van der Waals surface area contributed by atoms with Gasteiger partial charge in [-0.15, -0.1) is 0 Å². The van der Waals surface area contributed by atoms with Crippen molar-refractivity contribution >= 4 is 15.9 Å². The number of hydrogen-bond acceptors (Lipinski definition) is 4. The van der Waals surface area contributed by atoms with Gasteiger partial charge in [-0.2, -0.15) is 0 Å². The molecule has 2 unspecified atom stereocenters. The van der Waals surface area contributed by atoms with Gasteiger partial charge < -0.3 is 5.11 Å². The number of sulfonamides is 1. The molecule has 34 heavy (non-hydrogen) atoms. The number of carbonyl (C=O) groups excluding carboxylic acids is 1. The second kappa shape index (κ2) is 8.92. The first-order chi connectivity index (χ1) is 16.1. The molecule has 1 aliphatic rings. The van der Waals surface area contributed by atoms with Crippen molar-refractivity contribution in [3.8, 4) is 0 Å². The Kier molecular flexibility index (Phi) is 6.31. The Morgan fingerprint density at radius 2 is 1.53 bits per heavy atom. The summed E-state index contributed by atoms with van der Waals surface area (Å²) in [5.41, 5.74) is -1.22. The molecule has 0 saturated carbocycles. The minimum Gasteiger partial charge on any atom is -0.382 e. The van der Waals surface area contributed by atoms with Crippen molar-refractivity contribution in [3.05, 3.63) is 102 Å². The number of aliphatic hydroxyl groups is 1. The van der Waals surface area contributed by atoms with Crippen LogP contribution in [-0.2, 0) is 21.2 Å². The number of halogens is 2. The summed E-state index contributed by atoms with van der Waals surface area (Å²) in [6.07, 6.45) is -3.13. The predicted octanol–water partition coefficient (Wildman–Crippen LogP) is 4.51. The number of amides is 1. The predicted molar refractivity (Wildman–Crippen MR) is 124 cm³/mol. The Morgan fingerprint density at radius 3 is 2.12 bits per heavy atom. The first kappa shape index (κ1) is 24.0. The van der Waals surface area contributed by atoms with Crippen LogP contribution in [0.25, 0.3) is 0 Å². The second-order valence-electron chi connectivity index (χ2n) is 8.63. The summed E-state index contributed by atoms with van der Waals surface area (Å²) < 4.78 is 59.3. The first-order valence-electron chi connectivity index (χ1n) is 10.9. The van der Waals surface area contributed by atoms with Gasteiger partial charge in [-0.25, -0.2) is 21.5 Å². The van der Waals surface area contributed by atoms with Crippen molar-refractivity contribution in [3.63, 3.8) is 0 Å². The highest BCUT2D eigenvalue weighted by Crippen LogP contribution is 2.54. The van der Waals surface area contributed by atoms with Crippen molar-refractivity contribution in [2.75, 3.05) is 6.54 Å². The van der Waals surface area contributed by atoms with Crippen molar-refractivity contribution in [1.29, 1.82) is 0 Å². The molecule has 1 saturated heterocycles. The van der Waals surface area contributed by atoms with Gasteiger partial charge in [0.1, 0.15) is 11.5 Å². The van der Waals surface area contributed by atoms with E-state index in [1.165, 1.54) is 36.4 Å². The summed E-state index contributed by atoms with van der Waals surface area (Å²) in [6, 6.07) is 21.5. The van der Waals surface area contributed by atoms with Crippen LogP contribution in [0, 0.1) is 12.3 Å². The molecule has 1 aliphatic heterocycles. The molecule has 3 aromatic carbocycles. The van der Waals surface area contributed by atoms with E-state index in [0.29, 0.717) is 9.87 Å². The Labute approximate surface area is 197 Å². The van der Waals surface area contributed by atoms with Crippen molar-refractivity contribution < 1.29 is 27.1 Å². The van der Waals surface area contributed by atoms with Crippen molar-refractivity contribution in [2.24, 2.45) is 5.41 Å². The normalized spacial score (nSPS) is 19.9. The average molecular weight is 486 g/mol. The molecular weight excluding hydrogens is 460 g/mol. The maximum Gasteiger partial charge on any atom is 0.292 e. The molecule has 1 N–H and O–H groups in total. The minimum atomic E-state index is -4.35. The summed E-state index contributed by atoms with van der Waals surface area (Å²) in [5.74, 6) is -5.16. The maximum absolute atomic E-state index is 16.1. The van der Waals surface area contributed by atoms with Gasteiger partial charge >= 0.3 is 0 Å². The molecule has 3 aromatic rings. The van der Waals surface area contributed by atoms with Crippen LogP contribution in [0.4, 0.5) is 8.78 Å². The van der Waals surface area contributed by atoms with Crippen LogP contribution in [-0.4, -0.2) is 36.2 Å². The maximum atomic E-state index is 16.1. The number of benzene rings is 3. The Balaban J connectivity index is 1.79. The number of nitrogens with zero attached hydrogens (tertiary/aromatic N) is 1. The third kappa shape index (κ3) is 4.01. The third-order valence-corrected chi connectivity index (χ3v) is 8.23. The van der Waals surface area contributed by atoms with Gasteiger partial charge in [0.2, 0.25) is 5.91 Å². The highest BCUT2D eigenvalue weighted by Gasteiger charge is 2.67. The molecule has 8 heteroatoms. The highest BCUT2D eigenvalue weighted by molar-refractivity contribution is 7.89. The van der Waals surface area contributed by atoms with E-state index in [1.807, 2.05) is 0 Å². The van der Waals surface area contributed by atoms with Crippen LogP contribution >= 0.6 is 0 Å². The monoisotopic (exact) mass is 485 g/mol. The Morgan fingerprint density at radius 1 is 0.971 bits per heavy atom. The van der Waals surface area contributed by atoms with Gasteiger partial charge in [0.15, 0.2) is 0 Å². The Hall–Kier alpha value is -3.10. The zero-order chi connectivity index (χ0) is 24.6. The molecule has 1 amide bonds. The quantitative estimate of drug-likeness (QED) is 0.534. The molecule has 178 valence electrons. The van der Waals surface area contributed by atoms with E-state index in [1.54, 1.807) is 55.5 Å². The zero-order valence-corrected chi connectivity index (χ0v) is 19.4. The largest absolute Gasteiger partial charge is 0.382 e. The van der Waals surface area contributed by atoms with Gasteiger partial charge in [0.05, 0.1) is 4.90 Å². The topological polar surface area (TPSA) is 74.7 Å². The third-order valence-electron chi connectivity index (χ3n) is 6.43. The lowest BCUT2D eigenvalue weighted by Gasteiger charge is -2.38. The lowest BCUT2D eigenvalue weighted by molar-refractivity contribution is -0.197. The number of aliphatic hydroxyl groups excluding tert-OH is 1. The summed E-state index contributed by atoms with van der Waals surface area (Å²) in [5, 5.41) is 10.7. The molecule has 0 spiro atoms. The van der Waals surface area contributed by atoms with Gasteiger partial charge in [-0.05, 0) is 43.0 Å². The number of rotatable bonds is 7. The average Bonchev–Trinajstić information content (AvgIpc) is 3.18. The van der Waals surface area contributed by atoms with E-state index in [-0.39, 0.29) is 10.5 Å². The van der Waals surface area contributed by atoms with E-state index < -0.39 is 52.8 Å². The standard InChI is InChI=1S/C26H25F2NO4S/c1-19-12-14-22(15-13-19)34(32,33)29-17-16-25(24(29)31,18-20-8-4-2-5-9-20)26(27,28)23(30)21-10-6-3-7-11-21/h2-15,23,30H,16-18H2,1H3. The lowest BCUT2D eigenvalue weighted by atomic mass is 9.71. The summed E-state index contributed by atoms with van der Waals surface area (Å²) in [7, 11) is -4.35. The number of aryl methyl sites for hydroxylation is 1. The van der Waals surface area contributed by atoms with E-state index in [2.05, 4.69) is 0 Å². The summed E-state index contributed by atoms with van der Waals surface area (Å²) >= 11 is 0. The summed E-state index contributed by atoms with van der Waals surface area (Å²) in [6.45, 7) is 1.38. The Bertz CT molecular complexity index is 1270. The van der Waals surface area contributed by atoms with Gasteiger partial charge in [-0.1, -0.05) is 78.4 Å². The molecule has 1 heterocycles. The van der Waals surface area contributed by atoms with E-state index in [9.17, 15) is 18.3 Å². The molecule has 0 bridgehead atoms. The SMILES string of the molecule is Cc1ccc(S(=O)(=O)N2CCC(Cc3ccccc3)(C(F)(F)C(O)c3ccccc3)C2=O)cc1. The second-order valence-corrected chi connectivity index (χ2v) is 10.5. The number of carbonyl (C=O) groups is 1. The van der Waals surface area contributed by atoms with Crippen LogP contribution in [0.1, 0.15) is 29.2 Å². The van der Waals surface area contributed by atoms with Crippen molar-refractivity contribution in [2.45, 2.75) is 36.7 Å². The van der Waals surface area contributed by atoms with Gasteiger partial charge in [-0.3, -0.25) is 4.79 Å². The van der Waals surface area contributed by atoms with Crippen LogP contribution in [0.5, 0.6) is 0 Å². The van der Waals surface area contributed by atoms with Crippen LogP contribution < -0.4 is 0 Å². The zero-order valence-electron chi connectivity index (χ0n) is 18.6. The van der Waals surface area contributed by atoms with Gasteiger partial charge in [0.25, 0.3) is 15.9 Å². The molecule has 4 rings (SSSR count). The first-order valence-corrected chi connectivity index (χ1v) is 12.3. The van der Waals surface area contributed by atoms with E-state index in [0.717, 1.165) is 5.56 Å². The fourth-order valence-corrected chi connectivity index (χ4v) is 5.91. The van der Waals surface area contributed by atoms with Crippen LogP contribution in [0.3, 0.4) is 0 Å². The molecule has 5 nitrogen and oxygen atoms in total. The molecule has 0 aromatic heterocycles. The highest BCUT2D eigenvalue weighted by atomic mass is 32.2. The minimum absolute atomic E-state index is 0.0485. The van der Waals surface area contributed by atoms with E-state index >= 15 is 8.78 Å². The van der Waals surface area contributed by atoms with Gasteiger partial charge in [0, 0.05) is 6.54 Å². The smallest absolute Gasteiger partial charge is 0.292 e. The summed E-state index contributed by atoms with van der Waals surface area (Å²) in [4.78, 5) is 13.5. The van der Waals surface area contributed by atoms with Crippen molar-refractivity contribution in [1.82, 2.24) is 4.31 Å². The fourth-order valence-electron chi connectivity index (χ4n) is 4.45. The number of alkyl halides is 2. The molecule has 0 aliphatic carbocycles. The van der Waals surface area contributed by atoms with Crippen LogP contribution in [0.2, 0.25) is 0 Å². The molecule has 1 fully saturated rings. The lowest BCUT2D eigenvalue weighted by Crippen LogP contribution is -2.53. The van der Waals surface area contributed by atoms with E-state index in [4.69, 9.17) is 0 Å². The molecule has 0 radical (unpaired) electrons.